The van der Waals surface area contributed by atoms with E-state index in [0.29, 0.717) is 6.61 Å². The topological polar surface area (TPSA) is 66.8 Å². The molecule has 5 nitrogen and oxygen atoms in total. The van der Waals surface area contributed by atoms with Crippen LogP contribution < -0.4 is 0 Å². The van der Waals surface area contributed by atoms with Crippen molar-refractivity contribution in [2.45, 2.75) is 12.8 Å². The lowest BCUT2D eigenvalue weighted by Crippen LogP contribution is -2.24. The lowest BCUT2D eigenvalue weighted by molar-refractivity contribution is -0.139. The Morgan fingerprint density at radius 2 is 1.93 bits per heavy atom. The van der Waals surface area contributed by atoms with Gasteiger partial charge in [0.2, 0.25) is 0 Å². The zero-order chi connectivity index (χ0) is 11.1. The Balaban J connectivity index is 2.08. The molecule has 84 valence electrons. The van der Waals surface area contributed by atoms with Crippen LogP contribution in [0.1, 0.15) is 12.8 Å². The zero-order valence-electron chi connectivity index (χ0n) is 8.52. The molecule has 0 aromatic heterocycles. The van der Waals surface area contributed by atoms with Gasteiger partial charge in [0.15, 0.2) is 0 Å². The summed E-state index contributed by atoms with van der Waals surface area (Å²) >= 11 is 0. The number of esters is 1. The number of nitrogens with zero attached hydrogens (tertiary/aromatic N) is 1. The summed E-state index contributed by atoms with van der Waals surface area (Å²) in [6.45, 7) is 3.17. The van der Waals surface area contributed by atoms with E-state index in [4.69, 9.17) is 9.84 Å². The van der Waals surface area contributed by atoms with E-state index >= 15 is 0 Å². The molecular weight excluding hydrogens is 198 g/mol. The van der Waals surface area contributed by atoms with E-state index in [9.17, 15) is 9.59 Å². The Kier molecular flexibility index (Phi) is 4.83. The minimum atomic E-state index is -1.15. The number of aliphatic carboxylic acids is 1. The molecule has 1 heterocycles. The fourth-order valence-corrected chi connectivity index (χ4v) is 1.47. The summed E-state index contributed by atoms with van der Waals surface area (Å²) in [6.07, 6.45) is 4.10. The number of rotatable bonds is 5. The van der Waals surface area contributed by atoms with Crippen LogP contribution in [0.2, 0.25) is 0 Å². The Morgan fingerprint density at radius 3 is 2.53 bits per heavy atom. The van der Waals surface area contributed by atoms with Gasteiger partial charge in [-0.3, -0.25) is 4.90 Å². The molecule has 5 heteroatoms. The third kappa shape index (κ3) is 5.17. The van der Waals surface area contributed by atoms with Crippen LogP contribution in [0.4, 0.5) is 0 Å². The van der Waals surface area contributed by atoms with Crippen LogP contribution in [0.5, 0.6) is 0 Å². The summed E-state index contributed by atoms with van der Waals surface area (Å²) in [5, 5.41) is 8.26. The molecule has 0 aromatic rings. The molecule has 1 aliphatic rings. The van der Waals surface area contributed by atoms with Crippen molar-refractivity contribution < 1.29 is 19.4 Å². The quantitative estimate of drug-likeness (QED) is 0.524. The summed E-state index contributed by atoms with van der Waals surface area (Å²) < 4.78 is 4.82. The van der Waals surface area contributed by atoms with Gasteiger partial charge in [-0.15, -0.1) is 0 Å². The van der Waals surface area contributed by atoms with Crippen molar-refractivity contribution >= 4 is 11.9 Å². The van der Waals surface area contributed by atoms with E-state index in [0.717, 1.165) is 31.8 Å². The summed E-state index contributed by atoms with van der Waals surface area (Å²) in [5.41, 5.74) is 0. The second-order valence-electron chi connectivity index (χ2n) is 3.39. The number of carboxylic acid groups (broad SMARTS) is 1. The molecule has 1 N–H and O–H groups in total. The van der Waals surface area contributed by atoms with E-state index in [1.54, 1.807) is 0 Å². The van der Waals surface area contributed by atoms with Crippen LogP contribution in [-0.2, 0) is 14.3 Å². The van der Waals surface area contributed by atoms with E-state index in [2.05, 4.69) is 4.90 Å². The van der Waals surface area contributed by atoms with E-state index < -0.39 is 11.9 Å². The van der Waals surface area contributed by atoms with Gasteiger partial charge in [-0.2, -0.15) is 0 Å². The predicted octanol–water partition coefficient (Wildman–Crippen LogP) is 0.266. The van der Waals surface area contributed by atoms with Crippen LogP contribution in [0.25, 0.3) is 0 Å². The SMILES string of the molecule is O=C(O)/C=C/C(=O)OCCN1CCCC1. The normalized spacial score (nSPS) is 17.1. The molecule has 1 aliphatic heterocycles. The smallest absolute Gasteiger partial charge is 0.331 e. The molecule has 0 aromatic carbocycles. The third-order valence-electron chi connectivity index (χ3n) is 2.21. The molecule has 1 fully saturated rings. The molecule has 0 radical (unpaired) electrons. The van der Waals surface area contributed by atoms with Gasteiger partial charge in [-0.05, 0) is 25.9 Å². The first-order valence-electron chi connectivity index (χ1n) is 4.98. The maximum Gasteiger partial charge on any atom is 0.331 e. The van der Waals surface area contributed by atoms with Crippen molar-refractivity contribution in [1.82, 2.24) is 4.90 Å². The molecule has 0 aliphatic carbocycles. The molecule has 0 saturated carbocycles. The summed E-state index contributed by atoms with van der Waals surface area (Å²) in [5.74, 6) is -1.75. The largest absolute Gasteiger partial charge is 0.478 e. The number of carboxylic acids is 1. The summed E-state index contributed by atoms with van der Waals surface area (Å²) in [6, 6.07) is 0. The number of ether oxygens (including phenoxy) is 1. The van der Waals surface area contributed by atoms with Gasteiger partial charge in [0, 0.05) is 18.7 Å². The van der Waals surface area contributed by atoms with Gasteiger partial charge in [0.1, 0.15) is 6.61 Å². The summed E-state index contributed by atoms with van der Waals surface area (Å²) in [7, 11) is 0. The standard InChI is InChI=1S/C10H15NO4/c12-9(13)3-4-10(14)15-8-7-11-5-1-2-6-11/h3-4H,1-2,5-8H2,(H,12,13)/b4-3+. The van der Waals surface area contributed by atoms with Crippen molar-refractivity contribution in [2.24, 2.45) is 0 Å². The first-order valence-corrected chi connectivity index (χ1v) is 4.98. The van der Waals surface area contributed by atoms with Gasteiger partial charge >= 0.3 is 11.9 Å². The molecule has 0 bridgehead atoms. The first kappa shape index (κ1) is 11.7. The van der Waals surface area contributed by atoms with Crippen molar-refractivity contribution in [1.29, 1.82) is 0 Å². The second-order valence-corrected chi connectivity index (χ2v) is 3.39. The number of hydrogen-bond donors (Lipinski definition) is 1. The Labute approximate surface area is 88.3 Å². The Bertz CT molecular complexity index is 256. The highest BCUT2D eigenvalue weighted by atomic mass is 16.5. The van der Waals surface area contributed by atoms with Crippen molar-refractivity contribution in [3.8, 4) is 0 Å². The highest BCUT2D eigenvalue weighted by Gasteiger charge is 2.11. The fourth-order valence-electron chi connectivity index (χ4n) is 1.47. The van der Waals surface area contributed by atoms with Gasteiger partial charge < -0.3 is 9.84 Å². The molecule has 0 amide bonds. The average molecular weight is 213 g/mol. The van der Waals surface area contributed by atoms with Crippen LogP contribution in [-0.4, -0.2) is 48.2 Å². The van der Waals surface area contributed by atoms with Gasteiger partial charge in [0.25, 0.3) is 0 Å². The number of likely N-dealkylation sites (tertiary alicyclic amines) is 1. The minimum Gasteiger partial charge on any atom is -0.478 e. The van der Waals surface area contributed by atoms with Crippen molar-refractivity contribution in [3.05, 3.63) is 12.2 Å². The van der Waals surface area contributed by atoms with Crippen molar-refractivity contribution in [3.63, 3.8) is 0 Å². The first-order chi connectivity index (χ1) is 7.18. The number of carbonyl (C=O) groups is 2. The predicted molar refractivity (Wildman–Crippen MR) is 53.4 cm³/mol. The molecule has 0 atom stereocenters. The van der Waals surface area contributed by atoms with Gasteiger partial charge in [-0.25, -0.2) is 9.59 Å². The van der Waals surface area contributed by atoms with E-state index in [-0.39, 0.29) is 0 Å². The second kappa shape index (κ2) is 6.19. The summed E-state index contributed by atoms with van der Waals surface area (Å²) in [4.78, 5) is 23.2. The third-order valence-corrected chi connectivity index (χ3v) is 2.21. The van der Waals surface area contributed by atoms with Crippen LogP contribution >= 0.6 is 0 Å². The molecule has 15 heavy (non-hydrogen) atoms. The van der Waals surface area contributed by atoms with E-state index in [1.165, 1.54) is 12.8 Å². The number of carbonyl (C=O) groups excluding carboxylic acids is 1. The maximum absolute atomic E-state index is 10.9. The highest BCUT2D eigenvalue weighted by Crippen LogP contribution is 2.05. The lowest BCUT2D eigenvalue weighted by atomic mass is 10.4. The lowest BCUT2D eigenvalue weighted by Gasteiger charge is -2.13. The molecule has 1 saturated heterocycles. The average Bonchev–Trinajstić information content (AvgIpc) is 2.67. The number of hydrogen-bond acceptors (Lipinski definition) is 4. The Hall–Kier alpha value is -1.36. The van der Waals surface area contributed by atoms with Gasteiger partial charge in [-0.1, -0.05) is 0 Å². The molecule has 0 unspecified atom stereocenters. The molecular formula is C10H15NO4. The Morgan fingerprint density at radius 1 is 1.27 bits per heavy atom. The zero-order valence-corrected chi connectivity index (χ0v) is 8.52. The van der Waals surface area contributed by atoms with E-state index in [1.807, 2.05) is 0 Å². The van der Waals surface area contributed by atoms with Crippen LogP contribution in [0, 0.1) is 0 Å². The highest BCUT2D eigenvalue weighted by molar-refractivity contribution is 5.90. The molecule has 0 spiro atoms. The maximum atomic E-state index is 10.9. The molecule has 1 rings (SSSR count). The fraction of sp³-hybridized carbons (Fsp3) is 0.600. The van der Waals surface area contributed by atoms with Gasteiger partial charge in [0.05, 0.1) is 0 Å². The van der Waals surface area contributed by atoms with Crippen LogP contribution in [0.3, 0.4) is 0 Å². The minimum absolute atomic E-state index is 0.322. The monoisotopic (exact) mass is 213 g/mol. The van der Waals surface area contributed by atoms with Crippen LogP contribution in [0.15, 0.2) is 12.2 Å². The van der Waals surface area contributed by atoms with Crippen molar-refractivity contribution in [2.75, 3.05) is 26.2 Å².